The van der Waals surface area contributed by atoms with E-state index in [2.05, 4.69) is 37.8 Å². The van der Waals surface area contributed by atoms with Crippen molar-refractivity contribution in [1.82, 2.24) is 10.1 Å². The van der Waals surface area contributed by atoms with Gasteiger partial charge in [0.1, 0.15) is 0 Å². The first-order chi connectivity index (χ1) is 5.87. The topological polar surface area (TPSA) is 38.9 Å². The summed E-state index contributed by atoms with van der Waals surface area (Å²) in [4.78, 5) is 4.05. The minimum absolute atomic E-state index is 0.202. The fourth-order valence-electron chi connectivity index (χ4n) is 2.15. The smallest absolute Gasteiger partial charge is 0.263 e. The molecule has 1 saturated carbocycles. The molecule has 13 heavy (non-hydrogen) atoms. The first-order valence-electron chi connectivity index (χ1n) is 4.36. The van der Waals surface area contributed by atoms with Gasteiger partial charge in [-0.05, 0) is 27.6 Å². The molecule has 0 atom stereocenters. The van der Waals surface area contributed by atoms with Crippen LogP contribution in [0.15, 0.2) is 4.52 Å². The van der Waals surface area contributed by atoms with E-state index in [1.165, 1.54) is 0 Å². The summed E-state index contributed by atoms with van der Waals surface area (Å²) in [6, 6.07) is 0. The minimum atomic E-state index is 0.202. The highest BCUT2D eigenvalue weighted by Crippen LogP contribution is 2.73. The Morgan fingerprint density at radius 2 is 1.77 bits per heavy atom. The van der Waals surface area contributed by atoms with Crippen molar-refractivity contribution < 1.29 is 4.52 Å². The summed E-state index contributed by atoms with van der Waals surface area (Å²) in [6.07, 6.45) is 0. The molecule has 1 heterocycles. The summed E-state index contributed by atoms with van der Waals surface area (Å²) in [6.45, 7) is 8.82. The Morgan fingerprint density at radius 3 is 2.08 bits per heavy atom. The molecule has 4 heteroatoms. The number of hydrogen-bond donors (Lipinski definition) is 0. The average molecular weight is 201 g/mol. The minimum Gasteiger partial charge on any atom is -0.338 e. The highest BCUT2D eigenvalue weighted by atomic mass is 35.5. The summed E-state index contributed by atoms with van der Waals surface area (Å²) < 4.78 is 5.07. The van der Waals surface area contributed by atoms with Crippen LogP contribution < -0.4 is 0 Å². The molecular weight excluding hydrogens is 188 g/mol. The van der Waals surface area contributed by atoms with Gasteiger partial charge >= 0.3 is 0 Å². The first-order valence-corrected chi connectivity index (χ1v) is 4.74. The zero-order valence-corrected chi connectivity index (χ0v) is 9.01. The van der Waals surface area contributed by atoms with Crippen LogP contribution in [0.1, 0.15) is 39.5 Å². The van der Waals surface area contributed by atoms with Gasteiger partial charge < -0.3 is 4.52 Å². The van der Waals surface area contributed by atoms with E-state index in [4.69, 9.17) is 16.1 Å². The molecule has 0 saturated heterocycles. The Kier molecular flexibility index (Phi) is 1.57. The summed E-state index contributed by atoms with van der Waals surface area (Å²) in [5.74, 6) is 1.000. The lowest BCUT2D eigenvalue weighted by Gasteiger charge is -2.03. The Bertz CT molecular complexity index is 329. The summed E-state index contributed by atoms with van der Waals surface area (Å²) in [7, 11) is 0. The lowest BCUT2D eigenvalue weighted by atomic mass is 10.0. The largest absolute Gasteiger partial charge is 0.338 e. The second-order valence-electron chi connectivity index (χ2n) is 4.78. The number of halogens is 1. The summed E-state index contributed by atoms with van der Waals surface area (Å²) in [5.41, 5.74) is 0.450. The van der Waals surface area contributed by atoms with Crippen LogP contribution in [-0.4, -0.2) is 10.1 Å². The van der Waals surface area contributed by atoms with E-state index in [0.717, 1.165) is 0 Å². The number of aromatic nitrogens is 2. The van der Waals surface area contributed by atoms with Crippen LogP contribution >= 0.6 is 11.6 Å². The van der Waals surface area contributed by atoms with Gasteiger partial charge in [0, 0.05) is 5.92 Å². The molecule has 2 rings (SSSR count). The molecule has 0 N–H and O–H groups in total. The molecule has 0 spiro atoms. The molecule has 3 nitrogen and oxygen atoms in total. The van der Waals surface area contributed by atoms with Crippen LogP contribution in [0.2, 0.25) is 5.28 Å². The number of rotatable bonds is 1. The van der Waals surface area contributed by atoms with Crippen LogP contribution in [0, 0.1) is 10.8 Å². The van der Waals surface area contributed by atoms with E-state index >= 15 is 0 Å². The molecule has 1 aliphatic carbocycles. The number of hydrogen-bond acceptors (Lipinski definition) is 3. The highest BCUT2D eigenvalue weighted by Gasteiger charge is 2.67. The highest BCUT2D eigenvalue weighted by molar-refractivity contribution is 6.28. The van der Waals surface area contributed by atoms with Crippen LogP contribution in [0.25, 0.3) is 0 Å². The van der Waals surface area contributed by atoms with Gasteiger partial charge in [0.15, 0.2) is 0 Å². The Labute approximate surface area is 82.5 Å². The molecule has 1 aromatic heterocycles. The summed E-state index contributed by atoms with van der Waals surface area (Å²) >= 11 is 5.60. The molecule has 0 radical (unpaired) electrons. The van der Waals surface area contributed by atoms with E-state index in [1.54, 1.807) is 0 Å². The van der Waals surface area contributed by atoms with Crippen LogP contribution in [-0.2, 0) is 0 Å². The summed E-state index contributed by atoms with van der Waals surface area (Å²) in [5, 5.41) is 3.79. The van der Waals surface area contributed by atoms with E-state index < -0.39 is 0 Å². The van der Waals surface area contributed by atoms with E-state index in [1.807, 2.05) is 0 Å². The maximum absolute atomic E-state index is 5.60. The molecule has 1 fully saturated rings. The van der Waals surface area contributed by atoms with Crippen molar-refractivity contribution in [2.45, 2.75) is 33.6 Å². The van der Waals surface area contributed by atoms with E-state index in [9.17, 15) is 0 Å². The molecule has 0 amide bonds. The lowest BCUT2D eigenvalue weighted by Crippen LogP contribution is -1.95. The normalized spacial score (nSPS) is 24.7. The van der Waals surface area contributed by atoms with E-state index in [0.29, 0.717) is 11.8 Å². The van der Waals surface area contributed by atoms with Crippen molar-refractivity contribution in [3.63, 3.8) is 0 Å². The van der Waals surface area contributed by atoms with Gasteiger partial charge in [0.05, 0.1) is 0 Å². The Balaban J connectivity index is 2.32. The fourth-order valence-corrected chi connectivity index (χ4v) is 2.26. The Hall–Kier alpha value is -0.570. The monoisotopic (exact) mass is 200 g/mol. The molecule has 0 aliphatic heterocycles. The van der Waals surface area contributed by atoms with Gasteiger partial charge in [-0.15, -0.1) is 0 Å². The van der Waals surface area contributed by atoms with Crippen molar-refractivity contribution in [2.75, 3.05) is 0 Å². The van der Waals surface area contributed by atoms with Gasteiger partial charge in [-0.25, -0.2) is 0 Å². The van der Waals surface area contributed by atoms with Gasteiger partial charge in [-0.2, -0.15) is 4.98 Å². The van der Waals surface area contributed by atoms with Gasteiger partial charge in [0.2, 0.25) is 5.89 Å². The van der Waals surface area contributed by atoms with Gasteiger partial charge in [-0.1, -0.05) is 27.7 Å². The maximum Gasteiger partial charge on any atom is 0.263 e. The first kappa shape index (κ1) is 9.00. The van der Waals surface area contributed by atoms with Crippen molar-refractivity contribution in [3.8, 4) is 0 Å². The SMILES string of the molecule is CC1(C)C(c2nc(Cl)no2)C1(C)C. The molecule has 1 aliphatic rings. The molecule has 72 valence electrons. The van der Waals surface area contributed by atoms with Crippen LogP contribution in [0.3, 0.4) is 0 Å². The molecule has 0 aromatic carbocycles. The van der Waals surface area contributed by atoms with Crippen LogP contribution in [0.4, 0.5) is 0 Å². The molecule has 1 aromatic rings. The zero-order chi connectivity index (χ0) is 9.85. The van der Waals surface area contributed by atoms with Crippen molar-refractivity contribution in [1.29, 1.82) is 0 Å². The van der Waals surface area contributed by atoms with E-state index in [-0.39, 0.29) is 16.1 Å². The molecule has 0 unspecified atom stereocenters. The zero-order valence-electron chi connectivity index (χ0n) is 8.26. The number of nitrogens with zero attached hydrogens (tertiary/aromatic N) is 2. The maximum atomic E-state index is 5.60. The third-order valence-corrected chi connectivity index (χ3v) is 3.84. The van der Waals surface area contributed by atoms with Crippen molar-refractivity contribution in [2.24, 2.45) is 10.8 Å². The van der Waals surface area contributed by atoms with Crippen molar-refractivity contribution >= 4 is 11.6 Å². The molecule has 0 bridgehead atoms. The average Bonchev–Trinajstić information content (AvgIpc) is 2.32. The third kappa shape index (κ3) is 1.03. The van der Waals surface area contributed by atoms with Gasteiger partial charge in [0.25, 0.3) is 5.28 Å². The fraction of sp³-hybridized carbons (Fsp3) is 0.778. The second-order valence-corrected chi connectivity index (χ2v) is 5.12. The quantitative estimate of drug-likeness (QED) is 0.700. The van der Waals surface area contributed by atoms with Crippen LogP contribution in [0.5, 0.6) is 0 Å². The standard InChI is InChI=1S/C9H13ClN2O/c1-8(2)5(9(8,3)4)6-11-7(10)12-13-6/h5H,1-4H3. The van der Waals surface area contributed by atoms with Crippen molar-refractivity contribution in [3.05, 3.63) is 11.2 Å². The predicted molar refractivity (Wildman–Crippen MR) is 49.6 cm³/mol. The van der Waals surface area contributed by atoms with Gasteiger partial charge in [-0.3, -0.25) is 0 Å². The lowest BCUT2D eigenvalue weighted by molar-refractivity contribution is 0.364. The third-order valence-electron chi connectivity index (χ3n) is 3.68. The Morgan fingerprint density at radius 1 is 1.23 bits per heavy atom. The second kappa shape index (κ2) is 2.27. The predicted octanol–water partition coefficient (Wildman–Crippen LogP) is 2.87. The molecular formula is C9H13ClN2O.